The van der Waals surface area contributed by atoms with Gasteiger partial charge in [0.2, 0.25) is 0 Å². The minimum absolute atomic E-state index is 0.341. The van der Waals surface area contributed by atoms with Crippen molar-refractivity contribution < 1.29 is 9.90 Å². The lowest BCUT2D eigenvalue weighted by Gasteiger charge is -2.42. The van der Waals surface area contributed by atoms with Crippen molar-refractivity contribution in [3.05, 3.63) is 0 Å². The second-order valence-corrected chi connectivity index (χ2v) is 5.61. The molecule has 2 rings (SSSR count). The number of carboxylic acids is 1. The molecule has 1 unspecified atom stereocenters. The van der Waals surface area contributed by atoms with Gasteiger partial charge < -0.3 is 5.11 Å². The van der Waals surface area contributed by atoms with Crippen LogP contribution in [0.4, 0.5) is 0 Å². The molecule has 98 valence electrons. The van der Waals surface area contributed by atoms with Crippen LogP contribution in [-0.4, -0.2) is 34.6 Å². The summed E-state index contributed by atoms with van der Waals surface area (Å²) in [4.78, 5) is 13.4. The summed E-state index contributed by atoms with van der Waals surface area (Å²) in [5.74, 6) is -0.640. The van der Waals surface area contributed by atoms with Gasteiger partial charge in [0.1, 0.15) is 0 Å². The van der Waals surface area contributed by atoms with Crippen molar-refractivity contribution in [2.45, 2.75) is 76.3 Å². The van der Waals surface area contributed by atoms with Crippen LogP contribution in [0.3, 0.4) is 0 Å². The molecule has 0 bridgehead atoms. The maximum Gasteiger partial charge on any atom is 0.303 e. The Morgan fingerprint density at radius 1 is 1.06 bits per heavy atom. The van der Waals surface area contributed by atoms with Gasteiger partial charge in [-0.15, -0.1) is 0 Å². The maximum atomic E-state index is 10.7. The van der Waals surface area contributed by atoms with E-state index in [1.807, 2.05) is 0 Å². The topological polar surface area (TPSA) is 40.5 Å². The zero-order valence-corrected chi connectivity index (χ0v) is 10.7. The number of aliphatic carboxylic acids is 1. The molecule has 1 N–H and O–H groups in total. The summed E-state index contributed by atoms with van der Waals surface area (Å²) >= 11 is 0. The summed E-state index contributed by atoms with van der Waals surface area (Å²) in [5.41, 5.74) is 0. The Kier molecular flexibility index (Phi) is 4.84. The number of piperidine rings is 1. The number of nitrogens with zero attached hydrogens (tertiary/aromatic N) is 1. The molecule has 2 fully saturated rings. The lowest BCUT2D eigenvalue weighted by atomic mass is 9.89. The molecular formula is C14H25NO2. The molecule has 2 aliphatic rings. The molecule has 1 aliphatic heterocycles. The van der Waals surface area contributed by atoms with Gasteiger partial charge in [0.15, 0.2) is 0 Å². The number of hydrogen-bond acceptors (Lipinski definition) is 2. The second kappa shape index (κ2) is 6.39. The maximum absolute atomic E-state index is 10.7. The molecule has 0 aromatic rings. The highest BCUT2D eigenvalue weighted by atomic mass is 16.4. The average molecular weight is 239 g/mol. The van der Waals surface area contributed by atoms with E-state index in [1.165, 1.54) is 57.9 Å². The minimum atomic E-state index is -0.640. The lowest BCUT2D eigenvalue weighted by Crippen LogP contribution is -2.47. The molecular weight excluding hydrogens is 214 g/mol. The Bertz CT molecular complexity index is 249. The Hall–Kier alpha value is -0.570. The fourth-order valence-electron chi connectivity index (χ4n) is 3.52. The average Bonchev–Trinajstić information content (AvgIpc) is 2.38. The van der Waals surface area contributed by atoms with E-state index < -0.39 is 5.97 Å². The van der Waals surface area contributed by atoms with Gasteiger partial charge in [-0.2, -0.15) is 0 Å². The van der Waals surface area contributed by atoms with Gasteiger partial charge in [-0.05, 0) is 38.6 Å². The number of rotatable bonds is 4. The summed E-state index contributed by atoms with van der Waals surface area (Å²) in [6, 6.07) is 1.30. The van der Waals surface area contributed by atoms with E-state index in [0.29, 0.717) is 12.5 Å². The Labute approximate surface area is 104 Å². The summed E-state index contributed by atoms with van der Waals surface area (Å²) in [5, 5.41) is 8.82. The molecule has 3 nitrogen and oxygen atoms in total. The van der Waals surface area contributed by atoms with Crippen LogP contribution >= 0.6 is 0 Å². The Morgan fingerprint density at radius 2 is 1.76 bits per heavy atom. The van der Waals surface area contributed by atoms with Crippen LogP contribution in [0.5, 0.6) is 0 Å². The molecule has 1 heterocycles. The van der Waals surface area contributed by atoms with Crippen LogP contribution in [-0.2, 0) is 4.79 Å². The molecule has 0 aromatic heterocycles. The van der Waals surface area contributed by atoms with Gasteiger partial charge in [-0.1, -0.05) is 25.7 Å². The summed E-state index contributed by atoms with van der Waals surface area (Å²) in [7, 11) is 0. The van der Waals surface area contributed by atoms with Gasteiger partial charge in [0, 0.05) is 18.5 Å². The van der Waals surface area contributed by atoms with Gasteiger partial charge in [0.25, 0.3) is 0 Å². The van der Waals surface area contributed by atoms with E-state index in [-0.39, 0.29) is 0 Å². The molecule has 3 heteroatoms. The van der Waals surface area contributed by atoms with Gasteiger partial charge in [-0.3, -0.25) is 9.69 Å². The minimum Gasteiger partial charge on any atom is -0.481 e. The Morgan fingerprint density at radius 3 is 2.47 bits per heavy atom. The standard InChI is InChI=1S/C14H25NO2/c16-14(17)10-9-13-8-4-5-11-15(13)12-6-2-1-3-7-12/h12-13H,1-11H2,(H,16,17). The SMILES string of the molecule is O=C(O)CCC1CCCCN1C1CCCCC1. The zero-order chi connectivity index (χ0) is 12.1. The van der Waals surface area contributed by atoms with Crippen LogP contribution < -0.4 is 0 Å². The Balaban J connectivity index is 1.88. The number of likely N-dealkylation sites (tertiary alicyclic amines) is 1. The number of carboxylic acid groups (broad SMARTS) is 1. The van der Waals surface area contributed by atoms with Gasteiger partial charge in [-0.25, -0.2) is 0 Å². The van der Waals surface area contributed by atoms with Crippen LogP contribution in [0.15, 0.2) is 0 Å². The highest BCUT2D eigenvalue weighted by Gasteiger charge is 2.29. The third-order valence-corrected chi connectivity index (χ3v) is 4.41. The van der Waals surface area contributed by atoms with Crippen molar-refractivity contribution in [2.24, 2.45) is 0 Å². The zero-order valence-electron chi connectivity index (χ0n) is 10.7. The van der Waals surface area contributed by atoms with Gasteiger partial charge in [0.05, 0.1) is 0 Å². The van der Waals surface area contributed by atoms with Crippen LogP contribution in [0.25, 0.3) is 0 Å². The van der Waals surface area contributed by atoms with Crippen molar-refractivity contribution in [3.63, 3.8) is 0 Å². The van der Waals surface area contributed by atoms with E-state index in [9.17, 15) is 4.79 Å². The summed E-state index contributed by atoms with van der Waals surface area (Å²) in [6.07, 6.45) is 11.8. The van der Waals surface area contributed by atoms with Crippen molar-refractivity contribution in [1.82, 2.24) is 4.90 Å². The predicted molar refractivity (Wildman–Crippen MR) is 68.1 cm³/mol. The largest absolute Gasteiger partial charge is 0.481 e. The molecule has 17 heavy (non-hydrogen) atoms. The molecule has 1 saturated heterocycles. The van der Waals surface area contributed by atoms with Crippen molar-refractivity contribution in [1.29, 1.82) is 0 Å². The molecule has 0 radical (unpaired) electrons. The normalized spacial score (nSPS) is 28.1. The first-order valence-corrected chi connectivity index (χ1v) is 7.25. The summed E-state index contributed by atoms with van der Waals surface area (Å²) in [6.45, 7) is 1.20. The van der Waals surface area contributed by atoms with Crippen molar-refractivity contribution in [3.8, 4) is 0 Å². The first kappa shape index (κ1) is 12.9. The monoisotopic (exact) mass is 239 g/mol. The van der Waals surface area contributed by atoms with E-state index in [4.69, 9.17) is 5.11 Å². The first-order valence-electron chi connectivity index (χ1n) is 7.25. The molecule has 1 aliphatic carbocycles. The van der Waals surface area contributed by atoms with Crippen molar-refractivity contribution >= 4 is 5.97 Å². The molecule has 0 spiro atoms. The number of carbonyl (C=O) groups is 1. The van der Waals surface area contributed by atoms with Crippen LogP contribution in [0.2, 0.25) is 0 Å². The molecule has 1 saturated carbocycles. The van der Waals surface area contributed by atoms with E-state index in [2.05, 4.69) is 4.90 Å². The second-order valence-electron chi connectivity index (χ2n) is 5.61. The van der Waals surface area contributed by atoms with E-state index in [0.717, 1.165) is 12.5 Å². The van der Waals surface area contributed by atoms with Crippen molar-refractivity contribution in [2.75, 3.05) is 6.54 Å². The van der Waals surface area contributed by atoms with Gasteiger partial charge >= 0.3 is 5.97 Å². The third-order valence-electron chi connectivity index (χ3n) is 4.41. The van der Waals surface area contributed by atoms with Crippen LogP contribution in [0, 0.1) is 0 Å². The molecule has 0 amide bonds. The van der Waals surface area contributed by atoms with Crippen LogP contribution in [0.1, 0.15) is 64.2 Å². The summed E-state index contributed by atoms with van der Waals surface area (Å²) < 4.78 is 0. The third kappa shape index (κ3) is 3.70. The lowest BCUT2D eigenvalue weighted by molar-refractivity contribution is -0.137. The predicted octanol–water partition coefficient (Wildman–Crippen LogP) is 3.04. The highest BCUT2D eigenvalue weighted by Crippen LogP contribution is 2.30. The smallest absolute Gasteiger partial charge is 0.303 e. The first-order chi connectivity index (χ1) is 8.27. The molecule has 1 atom stereocenters. The highest BCUT2D eigenvalue weighted by molar-refractivity contribution is 5.66. The number of hydrogen-bond donors (Lipinski definition) is 1. The van der Waals surface area contributed by atoms with E-state index in [1.54, 1.807) is 0 Å². The van der Waals surface area contributed by atoms with E-state index >= 15 is 0 Å². The molecule has 0 aromatic carbocycles. The fraction of sp³-hybridized carbons (Fsp3) is 0.929. The quantitative estimate of drug-likeness (QED) is 0.819. The fourth-order valence-corrected chi connectivity index (χ4v) is 3.52.